The Morgan fingerprint density at radius 3 is 2.86 bits per heavy atom. The average Bonchev–Trinajstić information content (AvgIpc) is 2.06. The molecule has 0 fully saturated rings. The summed E-state index contributed by atoms with van der Waals surface area (Å²) in [5.41, 5.74) is 0. The predicted octanol–water partition coefficient (Wildman–Crippen LogP) is 1.22. The Morgan fingerprint density at radius 2 is 2.29 bits per heavy atom. The summed E-state index contributed by atoms with van der Waals surface area (Å²) in [5, 5.41) is 0.837. The molecule has 7 heteroatoms. The normalized spacial score (nSPS) is 11.6. The second-order valence-electron chi connectivity index (χ2n) is 2.65. The van der Waals surface area contributed by atoms with Crippen LogP contribution in [0.5, 0.6) is 0 Å². The van der Waals surface area contributed by atoms with Crippen molar-refractivity contribution in [1.82, 2.24) is 9.97 Å². The van der Waals surface area contributed by atoms with Gasteiger partial charge in [-0.15, -0.1) is 11.8 Å². The zero-order chi connectivity index (χ0) is 10.6. The molecule has 78 valence electrons. The van der Waals surface area contributed by atoms with E-state index in [1.54, 1.807) is 6.20 Å². The Labute approximate surface area is 101 Å². The van der Waals surface area contributed by atoms with Gasteiger partial charge in [0.05, 0.1) is 9.32 Å². The maximum Gasteiger partial charge on any atom is 0.148 e. The van der Waals surface area contributed by atoms with Crippen LogP contribution in [0.15, 0.2) is 17.6 Å². The lowest BCUT2D eigenvalue weighted by atomic mass is 10.7. The van der Waals surface area contributed by atoms with Crippen LogP contribution in [0.2, 0.25) is 0 Å². The molecule has 0 saturated carbocycles. The molecule has 0 radical (unpaired) electrons. The number of sulfone groups is 1. The monoisotopic (exact) mass is 344 g/mol. The minimum Gasteiger partial charge on any atom is -0.244 e. The van der Waals surface area contributed by atoms with Gasteiger partial charge in [0.1, 0.15) is 21.2 Å². The number of hydrogen-bond donors (Lipinski definition) is 0. The fourth-order valence-electron chi connectivity index (χ4n) is 0.697. The van der Waals surface area contributed by atoms with Crippen molar-refractivity contribution in [2.45, 2.75) is 5.03 Å². The van der Waals surface area contributed by atoms with Crippen molar-refractivity contribution in [2.24, 2.45) is 0 Å². The summed E-state index contributed by atoms with van der Waals surface area (Å²) in [6.45, 7) is 0. The average molecular weight is 344 g/mol. The smallest absolute Gasteiger partial charge is 0.148 e. The number of halogens is 1. The second-order valence-corrected chi connectivity index (χ2v) is 7.16. The first-order chi connectivity index (χ1) is 6.49. The first-order valence-electron chi connectivity index (χ1n) is 3.75. The van der Waals surface area contributed by atoms with Crippen molar-refractivity contribution in [1.29, 1.82) is 0 Å². The van der Waals surface area contributed by atoms with E-state index < -0.39 is 9.84 Å². The standard InChI is InChI=1S/C7H9IN2O2S2/c1-14(11,12)3-2-13-7-6(8)4-9-5-10-7/h4-5H,2-3H2,1H3. The first-order valence-corrected chi connectivity index (χ1v) is 7.87. The van der Waals surface area contributed by atoms with Crippen LogP contribution < -0.4 is 0 Å². The number of nitrogens with zero attached hydrogens (tertiary/aromatic N) is 2. The van der Waals surface area contributed by atoms with E-state index >= 15 is 0 Å². The van der Waals surface area contributed by atoms with Crippen LogP contribution in [-0.4, -0.2) is 36.1 Å². The van der Waals surface area contributed by atoms with Gasteiger partial charge in [-0.1, -0.05) is 0 Å². The molecule has 14 heavy (non-hydrogen) atoms. The van der Waals surface area contributed by atoms with E-state index in [2.05, 4.69) is 32.6 Å². The van der Waals surface area contributed by atoms with Gasteiger partial charge < -0.3 is 0 Å². The lowest BCUT2D eigenvalue weighted by Gasteiger charge is -2.00. The van der Waals surface area contributed by atoms with Crippen LogP contribution >= 0.6 is 34.4 Å². The Balaban J connectivity index is 2.51. The summed E-state index contributed by atoms with van der Waals surface area (Å²) in [6, 6.07) is 0. The molecule has 0 unspecified atom stereocenters. The van der Waals surface area contributed by atoms with Gasteiger partial charge >= 0.3 is 0 Å². The second kappa shape index (κ2) is 5.26. The Bertz CT molecular complexity index is 408. The van der Waals surface area contributed by atoms with Gasteiger partial charge in [-0.25, -0.2) is 18.4 Å². The maximum atomic E-state index is 10.9. The van der Waals surface area contributed by atoms with Gasteiger partial charge in [-0.2, -0.15) is 0 Å². The molecule has 4 nitrogen and oxygen atoms in total. The van der Waals surface area contributed by atoms with E-state index in [1.165, 1.54) is 24.3 Å². The lowest BCUT2D eigenvalue weighted by molar-refractivity contribution is 0.603. The molecule has 0 bridgehead atoms. The summed E-state index contributed by atoms with van der Waals surface area (Å²) in [4.78, 5) is 7.90. The minimum absolute atomic E-state index is 0.178. The zero-order valence-electron chi connectivity index (χ0n) is 7.47. The van der Waals surface area contributed by atoms with Gasteiger partial charge in [0, 0.05) is 18.2 Å². The van der Waals surface area contributed by atoms with Crippen molar-refractivity contribution >= 4 is 44.2 Å². The van der Waals surface area contributed by atoms with Crippen LogP contribution in [-0.2, 0) is 9.84 Å². The highest BCUT2D eigenvalue weighted by Gasteiger charge is 2.05. The molecule has 0 aliphatic heterocycles. The molecule has 1 aromatic heterocycles. The van der Waals surface area contributed by atoms with Gasteiger partial charge in [-0.3, -0.25) is 0 Å². The predicted molar refractivity (Wildman–Crippen MR) is 65.2 cm³/mol. The topological polar surface area (TPSA) is 59.9 Å². The number of hydrogen-bond acceptors (Lipinski definition) is 5. The third-order valence-corrected chi connectivity index (χ3v) is 4.69. The highest BCUT2D eigenvalue weighted by atomic mass is 127. The number of rotatable bonds is 4. The van der Waals surface area contributed by atoms with Crippen LogP contribution in [0.4, 0.5) is 0 Å². The van der Waals surface area contributed by atoms with Crippen molar-refractivity contribution in [3.05, 3.63) is 16.1 Å². The molecule has 0 spiro atoms. The molecule has 0 amide bonds. The third-order valence-electron chi connectivity index (χ3n) is 1.33. The SMILES string of the molecule is CS(=O)(=O)CCSc1ncncc1I. The van der Waals surface area contributed by atoms with Crippen molar-refractivity contribution < 1.29 is 8.42 Å². The van der Waals surface area contributed by atoms with Gasteiger partial charge in [0.2, 0.25) is 0 Å². The van der Waals surface area contributed by atoms with E-state index in [9.17, 15) is 8.42 Å². The van der Waals surface area contributed by atoms with Gasteiger partial charge in [-0.05, 0) is 22.6 Å². The lowest BCUT2D eigenvalue weighted by Crippen LogP contribution is -2.05. The Hall–Kier alpha value is 0.110. The van der Waals surface area contributed by atoms with E-state index in [0.29, 0.717) is 5.75 Å². The molecule has 1 heterocycles. The molecular formula is C7H9IN2O2S2. The largest absolute Gasteiger partial charge is 0.244 e. The summed E-state index contributed by atoms with van der Waals surface area (Å²) in [6.07, 6.45) is 4.40. The van der Waals surface area contributed by atoms with Crippen molar-refractivity contribution in [3.63, 3.8) is 0 Å². The number of aromatic nitrogens is 2. The van der Waals surface area contributed by atoms with E-state index in [0.717, 1.165) is 8.60 Å². The molecule has 0 atom stereocenters. The zero-order valence-corrected chi connectivity index (χ0v) is 11.3. The Morgan fingerprint density at radius 1 is 1.57 bits per heavy atom. The van der Waals surface area contributed by atoms with Crippen molar-refractivity contribution in [2.75, 3.05) is 17.8 Å². The summed E-state index contributed by atoms with van der Waals surface area (Å²) < 4.78 is 22.7. The molecule has 0 saturated heterocycles. The molecular weight excluding hydrogens is 335 g/mol. The van der Waals surface area contributed by atoms with Crippen molar-refractivity contribution in [3.8, 4) is 0 Å². The van der Waals surface area contributed by atoms with Gasteiger partial charge in [0.25, 0.3) is 0 Å². The first kappa shape index (κ1) is 12.2. The quantitative estimate of drug-likeness (QED) is 0.467. The van der Waals surface area contributed by atoms with E-state index in [1.807, 2.05) is 0 Å². The number of thioether (sulfide) groups is 1. The maximum absolute atomic E-state index is 10.9. The highest BCUT2D eigenvalue weighted by molar-refractivity contribution is 14.1. The van der Waals surface area contributed by atoms with Crippen LogP contribution in [0.25, 0.3) is 0 Å². The molecule has 1 rings (SSSR count). The molecule has 0 aliphatic carbocycles. The Kier molecular flexibility index (Phi) is 4.58. The summed E-state index contributed by atoms with van der Waals surface area (Å²) in [5.74, 6) is 0.712. The van der Waals surface area contributed by atoms with E-state index in [4.69, 9.17) is 0 Å². The van der Waals surface area contributed by atoms with Crippen LogP contribution in [0.3, 0.4) is 0 Å². The highest BCUT2D eigenvalue weighted by Crippen LogP contribution is 2.20. The fraction of sp³-hybridized carbons (Fsp3) is 0.429. The van der Waals surface area contributed by atoms with E-state index in [-0.39, 0.29) is 5.75 Å². The fourth-order valence-corrected chi connectivity index (χ4v) is 3.51. The molecule has 0 aliphatic rings. The van der Waals surface area contributed by atoms with Crippen LogP contribution in [0, 0.1) is 3.57 Å². The molecule has 0 aromatic carbocycles. The van der Waals surface area contributed by atoms with Crippen LogP contribution in [0.1, 0.15) is 0 Å². The molecule has 0 N–H and O–H groups in total. The summed E-state index contributed by atoms with van der Waals surface area (Å²) in [7, 11) is -2.87. The molecule has 1 aromatic rings. The summed E-state index contributed by atoms with van der Waals surface area (Å²) >= 11 is 3.56. The minimum atomic E-state index is -2.87. The van der Waals surface area contributed by atoms with Gasteiger partial charge in [0.15, 0.2) is 0 Å². The third kappa shape index (κ3) is 4.56.